The highest BCUT2D eigenvalue weighted by Crippen LogP contribution is 2.41. The molecule has 0 saturated carbocycles. The van der Waals surface area contributed by atoms with E-state index in [9.17, 15) is 22.4 Å². The summed E-state index contributed by atoms with van der Waals surface area (Å²) < 4.78 is 62.3. The predicted molar refractivity (Wildman–Crippen MR) is 159 cm³/mol. The molecule has 4 rings (SSSR count). The van der Waals surface area contributed by atoms with E-state index in [0.29, 0.717) is 38.0 Å². The van der Waals surface area contributed by atoms with Gasteiger partial charge in [0.2, 0.25) is 17.7 Å². The summed E-state index contributed by atoms with van der Waals surface area (Å²) in [5.74, 6) is -0.964. The van der Waals surface area contributed by atoms with Gasteiger partial charge in [0.15, 0.2) is 0 Å². The smallest absolute Gasteiger partial charge is 0.430 e. The van der Waals surface area contributed by atoms with Gasteiger partial charge in [0.25, 0.3) is 0 Å². The van der Waals surface area contributed by atoms with Crippen molar-refractivity contribution in [1.82, 2.24) is 9.97 Å². The number of carbonyl (C=O) groups is 2. The van der Waals surface area contributed by atoms with E-state index in [-0.39, 0.29) is 17.1 Å². The molecule has 3 aromatic rings. The second-order valence-electron chi connectivity index (χ2n) is 10.6. The van der Waals surface area contributed by atoms with Crippen molar-refractivity contribution in [3.63, 3.8) is 0 Å². The average molecular weight is 651 g/mol. The summed E-state index contributed by atoms with van der Waals surface area (Å²) in [6, 6.07) is 12.1. The van der Waals surface area contributed by atoms with Gasteiger partial charge in [-0.25, -0.2) is 9.37 Å². The van der Waals surface area contributed by atoms with Crippen molar-refractivity contribution in [2.45, 2.75) is 52.8 Å². The quantitative estimate of drug-likeness (QED) is 0.219. The molecular formula is C32H38F4N4O6. The van der Waals surface area contributed by atoms with Crippen LogP contribution in [0.3, 0.4) is 0 Å². The largest absolute Gasteiger partial charge is 0.542 e. The van der Waals surface area contributed by atoms with Gasteiger partial charge in [-0.2, -0.15) is 18.2 Å². The molecule has 2 N–H and O–H groups in total. The van der Waals surface area contributed by atoms with Crippen molar-refractivity contribution in [2.75, 3.05) is 38.3 Å². The molecule has 0 spiro atoms. The predicted octanol–water partition coefficient (Wildman–Crippen LogP) is 3.67. The zero-order valence-electron chi connectivity index (χ0n) is 26.2. The van der Waals surface area contributed by atoms with Gasteiger partial charge in [-0.1, -0.05) is 19.1 Å². The maximum Gasteiger partial charge on any atom is 0.430 e. The molecule has 2 heterocycles. The molecule has 1 aliphatic heterocycles. The third-order valence-corrected chi connectivity index (χ3v) is 7.49. The van der Waals surface area contributed by atoms with E-state index in [0.717, 1.165) is 54.1 Å². The highest BCUT2D eigenvalue weighted by molar-refractivity contribution is 5.94. The van der Waals surface area contributed by atoms with E-state index in [4.69, 9.17) is 24.1 Å². The number of ether oxygens (including phenoxy) is 3. The standard InChI is InChI=1S/C30H37FN4O4.C2HF3O2/c1-5-30(18-27(36)35(20-30)29-33-14-12-26(34-29)37-4)13-15-32-19-21-16-24(38-6-2)28(25(17-21)39-7-3)22-8-10-23(31)11-9-22;3-2(4,5)1(6)7/h8-12,14,16-17,32H,5-7,13,15,18-20H2,1-4H3;(H,6,7). The molecule has 1 fully saturated rings. The Morgan fingerprint density at radius 2 is 1.67 bits per heavy atom. The third kappa shape index (κ3) is 9.52. The van der Waals surface area contributed by atoms with E-state index >= 15 is 0 Å². The van der Waals surface area contributed by atoms with Crippen molar-refractivity contribution >= 4 is 17.8 Å². The Bertz CT molecular complexity index is 1440. The summed E-state index contributed by atoms with van der Waals surface area (Å²) >= 11 is 0. The van der Waals surface area contributed by atoms with Crippen LogP contribution in [0.25, 0.3) is 11.1 Å². The van der Waals surface area contributed by atoms with Crippen molar-refractivity contribution in [2.24, 2.45) is 5.41 Å². The van der Waals surface area contributed by atoms with Crippen LogP contribution >= 0.6 is 0 Å². The Hall–Kier alpha value is -4.46. The van der Waals surface area contributed by atoms with Gasteiger partial charge in [0.1, 0.15) is 29.8 Å². The number of aromatic nitrogens is 2. The lowest BCUT2D eigenvalue weighted by Crippen LogP contribution is -2.83. The third-order valence-electron chi connectivity index (χ3n) is 7.49. The molecule has 0 radical (unpaired) electrons. The van der Waals surface area contributed by atoms with Gasteiger partial charge in [0.05, 0.1) is 32.4 Å². The minimum Gasteiger partial charge on any atom is -0.542 e. The first kappa shape index (κ1) is 36.0. The number of carbonyl (C=O) groups excluding carboxylic acids is 2. The van der Waals surface area contributed by atoms with Gasteiger partial charge >= 0.3 is 6.18 Å². The minimum absolute atomic E-state index is 0.0456. The van der Waals surface area contributed by atoms with Crippen molar-refractivity contribution in [3.8, 4) is 28.5 Å². The molecule has 14 heteroatoms. The number of benzene rings is 2. The summed E-state index contributed by atoms with van der Waals surface area (Å²) in [6.45, 7) is 9.24. The molecule has 46 heavy (non-hydrogen) atoms. The van der Waals surface area contributed by atoms with Gasteiger partial charge < -0.3 is 29.4 Å². The number of hydrogen-bond acceptors (Lipinski definition) is 8. The summed E-state index contributed by atoms with van der Waals surface area (Å²) in [5, 5.41) is 11.0. The first-order valence-corrected chi connectivity index (χ1v) is 14.8. The fourth-order valence-electron chi connectivity index (χ4n) is 5.11. The SMILES string of the molecule is CCOc1cc(C[NH2+]CCC2(CC)CC(=O)N(c3nccc(OC)n3)C2)cc(OCC)c1-c1ccc(F)cc1.O=C([O-])C(F)(F)F. The second kappa shape index (κ2) is 16.2. The minimum atomic E-state index is -5.19. The molecule has 0 aliphatic carbocycles. The number of anilines is 1. The average Bonchev–Trinajstić information content (AvgIpc) is 3.36. The van der Waals surface area contributed by atoms with Crippen LogP contribution in [0.15, 0.2) is 48.7 Å². The van der Waals surface area contributed by atoms with E-state index < -0.39 is 12.1 Å². The molecular weight excluding hydrogens is 612 g/mol. The Morgan fingerprint density at radius 3 is 2.20 bits per heavy atom. The van der Waals surface area contributed by atoms with Gasteiger partial charge in [-0.15, -0.1) is 0 Å². The fourth-order valence-corrected chi connectivity index (χ4v) is 5.11. The van der Waals surface area contributed by atoms with E-state index in [1.807, 2.05) is 26.0 Å². The van der Waals surface area contributed by atoms with Crippen LogP contribution in [0.2, 0.25) is 0 Å². The van der Waals surface area contributed by atoms with Gasteiger partial charge in [-0.05, 0) is 50.1 Å². The maximum absolute atomic E-state index is 13.6. The Morgan fingerprint density at radius 1 is 1.07 bits per heavy atom. The Labute approximate surface area is 264 Å². The molecule has 250 valence electrons. The lowest BCUT2D eigenvalue weighted by Gasteiger charge is -2.26. The van der Waals surface area contributed by atoms with Crippen LogP contribution in [0, 0.1) is 11.2 Å². The monoisotopic (exact) mass is 650 g/mol. The van der Waals surface area contributed by atoms with Crippen molar-refractivity contribution in [1.29, 1.82) is 0 Å². The number of amides is 1. The number of carboxylic acids is 1. The molecule has 1 atom stereocenters. The van der Waals surface area contributed by atoms with Crippen LogP contribution < -0.4 is 29.5 Å². The highest BCUT2D eigenvalue weighted by Gasteiger charge is 2.43. The molecule has 1 unspecified atom stereocenters. The Kier molecular flexibility index (Phi) is 12.7. The summed E-state index contributed by atoms with van der Waals surface area (Å²) in [7, 11) is 1.55. The van der Waals surface area contributed by atoms with E-state index in [1.165, 1.54) is 12.1 Å². The number of carboxylic acid groups (broad SMARTS) is 1. The molecule has 1 saturated heterocycles. The number of quaternary nitrogens is 1. The van der Waals surface area contributed by atoms with E-state index in [2.05, 4.69) is 22.2 Å². The van der Waals surface area contributed by atoms with E-state index in [1.54, 1.807) is 36.4 Å². The lowest BCUT2D eigenvalue weighted by molar-refractivity contribution is -0.672. The number of aliphatic carboxylic acids is 1. The van der Waals surface area contributed by atoms with Crippen LogP contribution in [0.5, 0.6) is 17.4 Å². The molecule has 0 bridgehead atoms. The zero-order chi connectivity index (χ0) is 33.9. The molecule has 1 aliphatic rings. The van der Waals surface area contributed by atoms with Gasteiger partial charge in [0, 0.05) is 42.6 Å². The molecule has 1 amide bonds. The number of nitrogens with zero attached hydrogens (tertiary/aromatic N) is 3. The highest BCUT2D eigenvalue weighted by atomic mass is 19.4. The van der Waals surface area contributed by atoms with Crippen LogP contribution in [-0.2, 0) is 16.1 Å². The maximum atomic E-state index is 13.6. The van der Waals surface area contributed by atoms with Crippen LogP contribution in [0.1, 0.15) is 45.6 Å². The molecule has 1 aromatic heterocycles. The molecule has 10 nitrogen and oxygen atoms in total. The van der Waals surface area contributed by atoms with Crippen molar-refractivity contribution in [3.05, 3.63) is 60.0 Å². The van der Waals surface area contributed by atoms with Crippen molar-refractivity contribution < 1.29 is 51.8 Å². The zero-order valence-corrected chi connectivity index (χ0v) is 26.2. The summed E-state index contributed by atoms with van der Waals surface area (Å²) in [6.07, 6.45) is -1.32. The van der Waals surface area contributed by atoms with Gasteiger partial charge in [-0.3, -0.25) is 9.69 Å². The molecule has 2 aromatic carbocycles. The van der Waals surface area contributed by atoms with Crippen LogP contribution in [-0.4, -0.2) is 61.4 Å². The second-order valence-corrected chi connectivity index (χ2v) is 10.6. The number of alkyl halides is 3. The Balaban J connectivity index is 0.000000738. The number of halogens is 4. The lowest BCUT2D eigenvalue weighted by atomic mass is 9.81. The first-order chi connectivity index (χ1) is 21.9. The number of nitrogens with two attached hydrogens (primary N) is 1. The first-order valence-electron chi connectivity index (χ1n) is 14.8. The fraction of sp³-hybridized carbons (Fsp3) is 0.438. The summed E-state index contributed by atoms with van der Waals surface area (Å²) in [5.41, 5.74) is 2.63. The topological polar surface area (TPSA) is 131 Å². The normalized spacial score (nSPS) is 16.1. The van der Waals surface area contributed by atoms with Crippen LogP contribution in [0.4, 0.5) is 23.5 Å². The summed E-state index contributed by atoms with van der Waals surface area (Å²) in [4.78, 5) is 32.0. The number of hydrogen-bond donors (Lipinski definition) is 1. The number of methoxy groups -OCH3 is 1. The number of rotatable bonds is 13.